The number of amides is 1. The first-order valence-corrected chi connectivity index (χ1v) is 9.53. The molecule has 140 valence electrons. The Hall–Kier alpha value is -2.37. The van der Waals surface area contributed by atoms with Gasteiger partial charge in [0.15, 0.2) is 0 Å². The minimum Gasteiger partial charge on any atom is -0.361 e. The van der Waals surface area contributed by atoms with E-state index in [4.69, 9.17) is 0 Å². The van der Waals surface area contributed by atoms with E-state index in [0.29, 0.717) is 5.56 Å². The molecule has 0 spiro atoms. The minimum atomic E-state index is -0.193. The van der Waals surface area contributed by atoms with Crippen molar-refractivity contribution in [2.24, 2.45) is 0 Å². The Labute approximate surface area is 155 Å². The summed E-state index contributed by atoms with van der Waals surface area (Å²) < 4.78 is 1.95. The zero-order valence-corrected chi connectivity index (χ0v) is 16.2. The Kier molecular flexibility index (Phi) is 5.30. The lowest BCUT2D eigenvalue weighted by Crippen LogP contribution is -2.39. The van der Waals surface area contributed by atoms with Crippen LogP contribution in [-0.4, -0.2) is 38.7 Å². The fourth-order valence-electron chi connectivity index (χ4n) is 3.69. The Morgan fingerprint density at radius 1 is 1.31 bits per heavy atom. The van der Waals surface area contributed by atoms with E-state index in [-0.39, 0.29) is 17.5 Å². The molecule has 3 rings (SSSR count). The highest BCUT2D eigenvalue weighted by Gasteiger charge is 2.37. The molecule has 1 N–H and O–H groups in total. The summed E-state index contributed by atoms with van der Waals surface area (Å²) in [7, 11) is 0. The summed E-state index contributed by atoms with van der Waals surface area (Å²) in [5.74, 6) is 0.860. The molecule has 1 atom stereocenters. The van der Waals surface area contributed by atoms with Crippen molar-refractivity contribution >= 4 is 11.7 Å². The number of carbonyl (C=O) groups excluding carboxylic acids is 1. The molecule has 0 fully saturated rings. The summed E-state index contributed by atoms with van der Waals surface area (Å²) in [6.07, 6.45) is 6.28. The first-order chi connectivity index (χ1) is 12.5. The zero-order chi connectivity index (χ0) is 18.7. The number of hydrogen-bond donors (Lipinski definition) is 1. The van der Waals surface area contributed by atoms with E-state index in [0.717, 1.165) is 43.9 Å². The van der Waals surface area contributed by atoms with Crippen molar-refractivity contribution in [3.05, 3.63) is 41.9 Å². The molecule has 3 heterocycles. The third kappa shape index (κ3) is 3.45. The van der Waals surface area contributed by atoms with E-state index in [2.05, 4.69) is 43.1 Å². The minimum absolute atomic E-state index is 0.0555. The SMILES string of the molecule is CCCN(CCC)C(=O)c1cnn2c1NC(c1ccccn1)CC2(C)C. The number of carbonyl (C=O) groups is 1. The van der Waals surface area contributed by atoms with Gasteiger partial charge < -0.3 is 10.2 Å². The highest BCUT2D eigenvalue weighted by Crippen LogP contribution is 2.39. The molecule has 0 radical (unpaired) electrons. The predicted molar refractivity (Wildman–Crippen MR) is 103 cm³/mol. The highest BCUT2D eigenvalue weighted by molar-refractivity contribution is 5.99. The van der Waals surface area contributed by atoms with E-state index in [1.807, 2.05) is 34.0 Å². The third-order valence-electron chi connectivity index (χ3n) is 4.91. The molecular formula is C20H29N5O. The number of fused-ring (bicyclic) bond motifs is 1. The van der Waals surface area contributed by atoms with Gasteiger partial charge in [-0.3, -0.25) is 9.78 Å². The summed E-state index contributed by atoms with van der Waals surface area (Å²) in [4.78, 5) is 19.6. The van der Waals surface area contributed by atoms with E-state index >= 15 is 0 Å². The number of pyridine rings is 1. The topological polar surface area (TPSA) is 63.1 Å². The van der Waals surface area contributed by atoms with E-state index in [9.17, 15) is 4.79 Å². The second kappa shape index (κ2) is 7.48. The predicted octanol–water partition coefficient (Wildman–Crippen LogP) is 3.83. The Morgan fingerprint density at radius 3 is 2.65 bits per heavy atom. The van der Waals surface area contributed by atoms with Crippen LogP contribution < -0.4 is 5.32 Å². The Balaban J connectivity index is 1.95. The maximum atomic E-state index is 13.1. The van der Waals surface area contributed by atoms with Gasteiger partial charge >= 0.3 is 0 Å². The van der Waals surface area contributed by atoms with Crippen LogP contribution in [0.4, 0.5) is 5.82 Å². The van der Waals surface area contributed by atoms with Crippen LogP contribution in [0.3, 0.4) is 0 Å². The molecule has 2 aromatic rings. The first-order valence-electron chi connectivity index (χ1n) is 9.53. The number of anilines is 1. The fourth-order valence-corrected chi connectivity index (χ4v) is 3.69. The molecule has 0 bridgehead atoms. The standard InChI is InChI=1S/C20H29N5O/c1-5-11-24(12-6-2)19(26)15-14-22-25-18(15)23-17(13-20(25,3)4)16-9-7-8-10-21-16/h7-10,14,17,23H,5-6,11-13H2,1-4H3. The maximum absolute atomic E-state index is 13.1. The molecule has 0 saturated carbocycles. The molecule has 1 amide bonds. The van der Waals surface area contributed by atoms with E-state index < -0.39 is 0 Å². The number of aromatic nitrogens is 3. The van der Waals surface area contributed by atoms with E-state index in [1.54, 1.807) is 6.20 Å². The molecule has 26 heavy (non-hydrogen) atoms. The average molecular weight is 355 g/mol. The summed E-state index contributed by atoms with van der Waals surface area (Å²) in [5.41, 5.74) is 1.45. The second-order valence-corrected chi connectivity index (χ2v) is 7.58. The van der Waals surface area contributed by atoms with Gasteiger partial charge in [0.2, 0.25) is 0 Å². The van der Waals surface area contributed by atoms with Crippen LogP contribution in [0.15, 0.2) is 30.6 Å². The lowest BCUT2D eigenvalue weighted by molar-refractivity contribution is 0.0756. The number of nitrogens with one attached hydrogen (secondary N) is 1. The van der Waals surface area contributed by atoms with Crippen LogP contribution in [0.1, 0.15) is 69.1 Å². The largest absolute Gasteiger partial charge is 0.361 e. The fraction of sp³-hybridized carbons (Fsp3) is 0.550. The van der Waals surface area contributed by atoms with Gasteiger partial charge in [0.05, 0.1) is 23.5 Å². The van der Waals surface area contributed by atoms with Crippen LogP contribution in [0.2, 0.25) is 0 Å². The summed E-state index contributed by atoms with van der Waals surface area (Å²) in [5, 5.41) is 8.08. The Morgan fingerprint density at radius 2 is 2.04 bits per heavy atom. The van der Waals surface area contributed by atoms with Crippen molar-refractivity contribution in [1.82, 2.24) is 19.7 Å². The number of nitrogens with zero attached hydrogens (tertiary/aromatic N) is 4. The van der Waals surface area contributed by atoms with Gasteiger partial charge in [-0.05, 0) is 45.2 Å². The summed E-state index contributed by atoms with van der Waals surface area (Å²) >= 11 is 0. The normalized spacial score (nSPS) is 18.1. The Bertz CT molecular complexity index is 747. The van der Waals surface area contributed by atoms with Gasteiger partial charge in [-0.1, -0.05) is 19.9 Å². The highest BCUT2D eigenvalue weighted by atomic mass is 16.2. The van der Waals surface area contributed by atoms with Crippen molar-refractivity contribution in [3.63, 3.8) is 0 Å². The monoisotopic (exact) mass is 355 g/mol. The van der Waals surface area contributed by atoms with Gasteiger partial charge in [-0.2, -0.15) is 5.10 Å². The van der Waals surface area contributed by atoms with Crippen molar-refractivity contribution < 1.29 is 4.79 Å². The lowest BCUT2D eigenvalue weighted by atomic mass is 9.91. The molecule has 0 aliphatic carbocycles. The molecule has 2 aromatic heterocycles. The van der Waals surface area contributed by atoms with Crippen LogP contribution in [0, 0.1) is 0 Å². The zero-order valence-electron chi connectivity index (χ0n) is 16.2. The van der Waals surface area contributed by atoms with Gasteiger partial charge in [0.1, 0.15) is 11.4 Å². The van der Waals surface area contributed by atoms with Gasteiger partial charge in [-0.25, -0.2) is 4.68 Å². The lowest BCUT2D eigenvalue weighted by Gasteiger charge is -2.38. The van der Waals surface area contributed by atoms with Crippen molar-refractivity contribution in [2.75, 3.05) is 18.4 Å². The molecule has 6 heteroatoms. The van der Waals surface area contributed by atoms with Crippen LogP contribution in [0.25, 0.3) is 0 Å². The van der Waals surface area contributed by atoms with Gasteiger partial charge in [-0.15, -0.1) is 0 Å². The average Bonchev–Trinajstić information content (AvgIpc) is 3.06. The van der Waals surface area contributed by atoms with Crippen LogP contribution in [-0.2, 0) is 5.54 Å². The van der Waals surface area contributed by atoms with Gasteiger partial charge in [0, 0.05) is 19.3 Å². The molecule has 1 aliphatic heterocycles. The smallest absolute Gasteiger partial charge is 0.259 e. The molecule has 1 unspecified atom stereocenters. The summed E-state index contributed by atoms with van der Waals surface area (Å²) in [6.45, 7) is 10.0. The van der Waals surface area contributed by atoms with Crippen LogP contribution >= 0.6 is 0 Å². The second-order valence-electron chi connectivity index (χ2n) is 7.58. The van der Waals surface area contributed by atoms with Gasteiger partial charge in [0.25, 0.3) is 5.91 Å². The number of hydrogen-bond acceptors (Lipinski definition) is 4. The first kappa shape index (κ1) is 18.4. The van der Waals surface area contributed by atoms with Crippen molar-refractivity contribution in [3.8, 4) is 0 Å². The molecular weight excluding hydrogens is 326 g/mol. The van der Waals surface area contributed by atoms with Crippen LogP contribution in [0.5, 0.6) is 0 Å². The van der Waals surface area contributed by atoms with E-state index in [1.165, 1.54) is 0 Å². The van der Waals surface area contributed by atoms with Crippen molar-refractivity contribution in [2.45, 2.75) is 58.5 Å². The third-order valence-corrected chi connectivity index (χ3v) is 4.91. The van der Waals surface area contributed by atoms with Crippen molar-refractivity contribution in [1.29, 1.82) is 0 Å². The summed E-state index contributed by atoms with van der Waals surface area (Å²) in [6, 6.07) is 6.01. The molecule has 0 aromatic carbocycles. The number of rotatable bonds is 6. The molecule has 6 nitrogen and oxygen atoms in total. The molecule has 1 aliphatic rings. The molecule has 0 saturated heterocycles. The quantitative estimate of drug-likeness (QED) is 0.855. The maximum Gasteiger partial charge on any atom is 0.259 e.